The molecular weight excluding hydrogens is 206 g/mol. The van der Waals surface area contributed by atoms with Crippen LogP contribution in [-0.2, 0) is 0 Å². The quantitative estimate of drug-likeness (QED) is 0.717. The Morgan fingerprint density at radius 3 is 2.85 bits per heavy atom. The highest BCUT2D eigenvalue weighted by molar-refractivity contribution is 7.11. The van der Waals surface area contributed by atoms with Crippen LogP contribution in [0.3, 0.4) is 0 Å². The van der Waals surface area contributed by atoms with Crippen LogP contribution in [0.2, 0.25) is 5.02 Å². The third kappa shape index (κ3) is 1.19. The van der Waals surface area contributed by atoms with Crippen LogP contribution in [0.5, 0.6) is 0 Å². The number of hydrogen-bond donors (Lipinski definition) is 1. The largest absolute Gasteiger partial charge is 0.321 e. The fraction of sp³-hybridized carbons (Fsp3) is 0.222. The molecule has 1 N–H and O–H groups in total. The Bertz CT molecular complexity index is 526. The molecule has 4 heteroatoms. The summed E-state index contributed by atoms with van der Waals surface area (Å²) < 4.78 is 0. The molecule has 0 aliphatic heterocycles. The average Bonchev–Trinajstić information content (AvgIpc) is 2.43. The second kappa shape index (κ2) is 2.86. The molecule has 2 nitrogen and oxygen atoms in total. The zero-order valence-corrected chi connectivity index (χ0v) is 8.84. The van der Waals surface area contributed by atoms with Crippen LogP contribution in [-0.4, -0.2) is 4.98 Å². The van der Waals surface area contributed by atoms with E-state index in [2.05, 4.69) is 4.98 Å². The lowest BCUT2D eigenvalue weighted by Gasteiger charge is -1.99. The number of fused-ring (bicyclic) bond motifs is 1. The van der Waals surface area contributed by atoms with E-state index in [9.17, 15) is 4.79 Å². The third-order valence-corrected chi connectivity index (χ3v) is 3.50. The summed E-state index contributed by atoms with van der Waals surface area (Å²) in [6.07, 6.45) is 0. The number of aromatic nitrogens is 1. The molecule has 0 saturated carbocycles. The van der Waals surface area contributed by atoms with E-state index in [4.69, 9.17) is 11.6 Å². The van der Waals surface area contributed by atoms with Crippen molar-refractivity contribution >= 4 is 33.8 Å². The molecule has 0 spiro atoms. The summed E-state index contributed by atoms with van der Waals surface area (Å²) >= 11 is 7.66. The zero-order chi connectivity index (χ0) is 9.59. The van der Waals surface area contributed by atoms with E-state index in [1.165, 1.54) is 0 Å². The van der Waals surface area contributed by atoms with Gasteiger partial charge in [-0.1, -0.05) is 11.6 Å². The van der Waals surface area contributed by atoms with Crippen molar-refractivity contribution in [3.63, 3.8) is 0 Å². The van der Waals surface area contributed by atoms with Gasteiger partial charge in [-0.15, -0.1) is 11.3 Å². The van der Waals surface area contributed by atoms with Crippen LogP contribution in [0, 0.1) is 13.8 Å². The van der Waals surface area contributed by atoms with Gasteiger partial charge in [0, 0.05) is 21.2 Å². The summed E-state index contributed by atoms with van der Waals surface area (Å²) in [5, 5.41) is 3.47. The zero-order valence-electron chi connectivity index (χ0n) is 7.27. The molecule has 68 valence electrons. The lowest BCUT2D eigenvalue weighted by molar-refractivity contribution is 1.24. The highest BCUT2D eigenvalue weighted by Gasteiger charge is 2.09. The number of H-pyrrole nitrogens is 1. The van der Waals surface area contributed by atoms with Gasteiger partial charge in [0.25, 0.3) is 5.56 Å². The summed E-state index contributed by atoms with van der Waals surface area (Å²) in [6.45, 7) is 3.73. The van der Waals surface area contributed by atoms with E-state index in [-0.39, 0.29) is 5.56 Å². The lowest BCUT2D eigenvalue weighted by atomic mass is 10.2. The molecule has 0 aliphatic rings. The monoisotopic (exact) mass is 213 g/mol. The number of halogens is 1. The highest BCUT2D eigenvalue weighted by Crippen LogP contribution is 2.30. The van der Waals surface area contributed by atoms with Gasteiger partial charge in [0.15, 0.2) is 0 Å². The van der Waals surface area contributed by atoms with Gasteiger partial charge in [0.1, 0.15) is 0 Å². The van der Waals surface area contributed by atoms with Crippen molar-refractivity contribution in [3.8, 4) is 0 Å². The first kappa shape index (κ1) is 8.78. The predicted molar refractivity (Wildman–Crippen MR) is 56.9 cm³/mol. The number of nitrogens with one attached hydrogen (secondary N) is 1. The first-order valence-electron chi connectivity index (χ1n) is 3.87. The second-order valence-electron chi connectivity index (χ2n) is 2.97. The van der Waals surface area contributed by atoms with E-state index >= 15 is 0 Å². The maximum Gasteiger partial charge on any atom is 0.252 e. The summed E-state index contributed by atoms with van der Waals surface area (Å²) in [7, 11) is 0. The molecule has 2 aromatic heterocycles. The average molecular weight is 214 g/mol. The molecule has 0 aromatic carbocycles. The molecule has 2 heterocycles. The van der Waals surface area contributed by atoms with Crippen LogP contribution in [0.25, 0.3) is 10.9 Å². The molecule has 13 heavy (non-hydrogen) atoms. The van der Waals surface area contributed by atoms with Gasteiger partial charge in [0.05, 0.1) is 10.5 Å². The summed E-state index contributed by atoms with van der Waals surface area (Å²) in [5.74, 6) is 0. The van der Waals surface area contributed by atoms with Crippen molar-refractivity contribution < 1.29 is 0 Å². The fourth-order valence-electron chi connectivity index (χ4n) is 1.32. The Hall–Kier alpha value is -0.800. The first-order valence-corrected chi connectivity index (χ1v) is 5.13. The minimum Gasteiger partial charge on any atom is -0.321 e. The Morgan fingerprint density at radius 1 is 1.46 bits per heavy atom. The van der Waals surface area contributed by atoms with Gasteiger partial charge >= 0.3 is 0 Å². The van der Waals surface area contributed by atoms with Crippen LogP contribution in [0.15, 0.2) is 10.2 Å². The lowest BCUT2D eigenvalue weighted by Crippen LogP contribution is -2.09. The molecule has 0 aliphatic carbocycles. The molecular formula is C9H8ClNOS. The van der Waals surface area contributed by atoms with E-state index < -0.39 is 0 Å². The van der Waals surface area contributed by atoms with Crippen LogP contribution in [0.4, 0.5) is 0 Å². The second-order valence-corrected chi connectivity index (χ2v) is 4.44. The van der Waals surface area contributed by atoms with Crippen LogP contribution < -0.4 is 5.56 Å². The van der Waals surface area contributed by atoms with Crippen molar-refractivity contribution in [3.05, 3.63) is 31.2 Å². The first-order chi connectivity index (χ1) is 6.11. The standard InChI is InChI=1S/C9H8ClNOS/c1-4-8(10)7-5(2)13-3-6(7)11-9(4)12/h3H,1-2H3,(H,11,12). The fourth-order valence-corrected chi connectivity index (χ4v) is 2.51. The minimum absolute atomic E-state index is 0.102. The molecule has 0 amide bonds. The SMILES string of the molecule is Cc1c(Cl)c2c(C)scc2[nH]c1=O. The van der Waals surface area contributed by atoms with Crippen molar-refractivity contribution in [1.82, 2.24) is 4.98 Å². The highest BCUT2D eigenvalue weighted by atomic mass is 35.5. The third-order valence-electron chi connectivity index (χ3n) is 2.11. The molecule has 0 atom stereocenters. The van der Waals surface area contributed by atoms with E-state index in [1.807, 2.05) is 12.3 Å². The summed E-state index contributed by atoms with van der Waals surface area (Å²) in [4.78, 5) is 15.3. The number of pyridine rings is 1. The van der Waals surface area contributed by atoms with Gasteiger partial charge < -0.3 is 4.98 Å². The van der Waals surface area contributed by atoms with Crippen LogP contribution in [0.1, 0.15) is 10.4 Å². The molecule has 0 unspecified atom stereocenters. The van der Waals surface area contributed by atoms with Crippen molar-refractivity contribution in [2.75, 3.05) is 0 Å². The number of rotatable bonds is 0. The van der Waals surface area contributed by atoms with Crippen LogP contribution >= 0.6 is 22.9 Å². The van der Waals surface area contributed by atoms with Crippen molar-refractivity contribution in [2.45, 2.75) is 13.8 Å². The van der Waals surface area contributed by atoms with Gasteiger partial charge in [-0.2, -0.15) is 0 Å². The Balaban J connectivity index is 3.06. The summed E-state index contributed by atoms with van der Waals surface area (Å²) in [5.41, 5.74) is 1.33. The van der Waals surface area contributed by atoms with Gasteiger partial charge in [-0.3, -0.25) is 4.79 Å². The number of aryl methyl sites for hydroxylation is 1. The van der Waals surface area contributed by atoms with Gasteiger partial charge in [-0.25, -0.2) is 0 Å². The predicted octanol–water partition coefficient (Wildman–Crippen LogP) is 2.86. The maximum atomic E-state index is 11.3. The Morgan fingerprint density at radius 2 is 2.15 bits per heavy atom. The molecule has 0 bridgehead atoms. The number of hydrogen-bond acceptors (Lipinski definition) is 2. The van der Waals surface area contributed by atoms with E-state index in [1.54, 1.807) is 18.3 Å². The Labute approximate surface area is 84.2 Å². The minimum atomic E-state index is -0.102. The van der Waals surface area contributed by atoms with E-state index in [0.717, 1.165) is 15.8 Å². The van der Waals surface area contributed by atoms with Gasteiger partial charge in [-0.05, 0) is 13.8 Å². The molecule has 0 fully saturated rings. The number of aromatic amines is 1. The Kier molecular flexibility index (Phi) is 1.93. The topological polar surface area (TPSA) is 32.9 Å². The molecule has 0 saturated heterocycles. The smallest absolute Gasteiger partial charge is 0.252 e. The molecule has 0 radical (unpaired) electrons. The summed E-state index contributed by atoms with van der Waals surface area (Å²) in [6, 6.07) is 0. The molecule has 2 rings (SSSR count). The van der Waals surface area contributed by atoms with E-state index in [0.29, 0.717) is 10.6 Å². The van der Waals surface area contributed by atoms with Gasteiger partial charge in [0.2, 0.25) is 0 Å². The number of thiophene rings is 1. The normalized spacial score (nSPS) is 11.0. The maximum absolute atomic E-state index is 11.3. The van der Waals surface area contributed by atoms with Crippen molar-refractivity contribution in [2.24, 2.45) is 0 Å². The molecule has 2 aromatic rings. The van der Waals surface area contributed by atoms with Crippen molar-refractivity contribution in [1.29, 1.82) is 0 Å².